The zero-order chi connectivity index (χ0) is 83.5. The first-order valence-corrected chi connectivity index (χ1v) is 44.0. The minimum atomic E-state index is 0.521. The lowest BCUT2D eigenvalue weighted by molar-refractivity contribution is 0.666. The van der Waals surface area contributed by atoms with Crippen LogP contribution < -0.4 is 0 Å². The standard InChI is InChI=1S/C116H65N9O2S/c1-2-33-73(34-3-1)123-95-57-54-72(62-91(95)81-44-23-47-88(107(81)123)114-119-113(120-115(122-114)89-48-24-45-82-80-40-17-21-53-103(80)128-110(82)89)87-55-58-97(108-105(87)84-41-15-19-51-101(84)126-108)124-94-49-18-14-39-79(94)90-60-67-27-4-6-29-69(67)64-99(90)124)76-43-25-50-96-104(76)93-61-68-28-5-7-30-70(68)65-100(93)125(96)98-59-56-86(106-85-42-16-20-52-102(85)127-109(98)106)112-117-111(83-46-22-32-66-26-8-10-35-74(66)83)118-116(121-112)92-63-71-31-9-11-36-75(71)77-37-12-13-38-78(77)92/h1-65H. The van der Waals surface area contributed by atoms with E-state index in [9.17, 15) is 0 Å². The highest BCUT2D eigenvalue weighted by Crippen LogP contribution is 2.51. The molecule has 20 aromatic carbocycles. The van der Waals surface area contributed by atoms with Gasteiger partial charge in [-0.1, -0.05) is 273 Å². The highest BCUT2D eigenvalue weighted by Gasteiger charge is 2.30. The maximum atomic E-state index is 7.39. The van der Waals surface area contributed by atoms with Crippen LogP contribution in [-0.2, 0) is 0 Å². The van der Waals surface area contributed by atoms with Crippen molar-refractivity contribution in [1.82, 2.24) is 43.6 Å². The normalized spacial score (nSPS) is 12.2. The second-order valence-corrected chi connectivity index (χ2v) is 34.5. The molecule has 0 saturated carbocycles. The van der Waals surface area contributed by atoms with Crippen LogP contribution in [0, 0.1) is 0 Å². The zero-order valence-electron chi connectivity index (χ0n) is 68.3. The van der Waals surface area contributed by atoms with Gasteiger partial charge >= 0.3 is 0 Å². The van der Waals surface area contributed by atoms with E-state index in [2.05, 4.69) is 396 Å². The number of thiophene rings is 1. The number of aromatic nitrogens is 9. The Morgan fingerprint density at radius 2 is 0.656 bits per heavy atom. The highest BCUT2D eigenvalue weighted by atomic mass is 32.1. The van der Waals surface area contributed by atoms with Crippen LogP contribution in [0.15, 0.2) is 403 Å². The summed E-state index contributed by atoms with van der Waals surface area (Å²) in [4.78, 5) is 34.0. The predicted octanol–water partition coefficient (Wildman–Crippen LogP) is 30.9. The van der Waals surface area contributed by atoms with Gasteiger partial charge in [-0.2, -0.15) is 0 Å². The molecule has 0 aliphatic carbocycles. The van der Waals surface area contributed by atoms with Gasteiger partial charge in [-0.05, 0) is 186 Å². The number of hydrogen-bond acceptors (Lipinski definition) is 9. The Labute approximate surface area is 732 Å². The van der Waals surface area contributed by atoms with E-state index in [0.717, 1.165) is 213 Å². The van der Waals surface area contributed by atoms with Crippen LogP contribution in [0.5, 0.6) is 0 Å². The third-order valence-electron chi connectivity index (χ3n) is 26.5. The van der Waals surface area contributed by atoms with Gasteiger partial charge in [0.05, 0.1) is 44.5 Å². The Hall–Kier alpha value is -17.1. The number of furan rings is 2. The highest BCUT2D eigenvalue weighted by molar-refractivity contribution is 7.26. The molecule has 12 heteroatoms. The number of nitrogens with zero attached hydrogens (tertiary/aromatic N) is 9. The Balaban J connectivity index is 0.655. The molecule has 0 spiro atoms. The predicted molar refractivity (Wildman–Crippen MR) is 529 cm³/mol. The molecule has 0 fully saturated rings. The maximum Gasteiger partial charge on any atom is 0.166 e. The second-order valence-electron chi connectivity index (χ2n) is 33.4. The summed E-state index contributed by atoms with van der Waals surface area (Å²) < 4.78 is 24.1. The van der Waals surface area contributed by atoms with Gasteiger partial charge in [-0.25, -0.2) is 29.9 Å². The lowest BCUT2D eigenvalue weighted by atomic mass is 9.96. The number of fused-ring (bicyclic) bond motifs is 24. The van der Waals surface area contributed by atoms with Crippen molar-refractivity contribution in [2.45, 2.75) is 0 Å². The fraction of sp³-hybridized carbons (Fsp3) is 0. The van der Waals surface area contributed by atoms with Crippen molar-refractivity contribution in [1.29, 1.82) is 0 Å². The molecule has 0 radical (unpaired) electrons. The molecule has 0 aliphatic heterocycles. The fourth-order valence-corrected chi connectivity index (χ4v) is 22.1. The van der Waals surface area contributed by atoms with E-state index in [-0.39, 0.29) is 0 Å². The third-order valence-corrected chi connectivity index (χ3v) is 27.7. The smallest absolute Gasteiger partial charge is 0.166 e. The number of hydrogen-bond donors (Lipinski definition) is 0. The molecule has 0 N–H and O–H groups in total. The molecule has 0 saturated heterocycles. The first kappa shape index (κ1) is 70.5. The van der Waals surface area contributed by atoms with Crippen molar-refractivity contribution in [3.8, 4) is 96.5 Å². The van der Waals surface area contributed by atoms with Crippen molar-refractivity contribution in [3.63, 3.8) is 0 Å². The van der Waals surface area contributed by atoms with E-state index in [1.165, 1.54) is 26.2 Å². The van der Waals surface area contributed by atoms with Crippen molar-refractivity contribution in [2.24, 2.45) is 0 Å². The molecule has 0 bridgehead atoms. The van der Waals surface area contributed by atoms with Gasteiger partial charge in [0, 0.05) is 113 Å². The summed E-state index contributed by atoms with van der Waals surface area (Å²) in [6.45, 7) is 0. The van der Waals surface area contributed by atoms with E-state index in [4.69, 9.17) is 38.7 Å². The summed E-state index contributed by atoms with van der Waals surface area (Å²) in [6, 6.07) is 141. The molecular formula is C116H65N9O2S. The molecular weight excluding hydrogens is 1580 g/mol. The van der Waals surface area contributed by atoms with Gasteiger partial charge in [0.25, 0.3) is 0 Å². The van der Waals surface area contributed by atoms with Crippen LogP contribution in [0.3, 0.4) is 0 Å². The Kier molecular flexibility index (Phi) is 15.0. The Bertz CT molecular complexity index is 9700. The third kappa shape index (κ3) is 10.4. The van der Waals surface area contributed by atoms with Gasteiger partial charge in [0.1, 0.15) is 11.2 Å². The average Bonchev–Trinajstić information content (AvgIpc) is 1.64. The largest absolute Gasteiger partial charge is 0.454 e. The molecule has 592 valence electrons. The minimum absolute atomic E-state index is 0.521. The molecule has 128 heavy (non-hydrogen) atoms. The van der Waals surface area contributed by atoms with Gasteiger partial charge < -0.3 is 22.5 Å². The monoisotopic (exact) mass is 1650 g/mol. The summed E-state index contributed by atoms with van der Waals surface area (Å²) >= 11 is 1.77. The molecule has 0 unspecified atom stereocenters. The lowest BCUT2D eigenvalue weighted by Gasteiger charge is -2.14. The second kappa shape index (κ2) is 27.2. The van der Waals surface area contributed by atoms with Gasteiger partial charge in [-0.3, -0.25) is 0 Å². The van der Waals surface area contributed by atoms with E-state index in [0.29, 0.717) is 40.5 Å². The summed E-state index contributed by atoms with van der Waals surface area (Å²) in [5, 5.41) is 23.9. The molecule has 0 atom stereocenters. The number of benzene rings is 20. The molecule has 28 rings (SSSR count). The average molecular weight is 1650 g/mol. The quantitative estimate of drug-likeness (QED) is 0.124. The Morgan fingerprint density at radius 3 is 1.35 bits per heavy atom. The summed E-state index contributed by atoms with van der Waals surface area (Å²) in [6.07, 6.45) is 0. The van der Waals surface area contributed by atoms with Crippen LogP contribution >= 0.6 is 11.3 Å². The van der Waals surface area contributed by atoms with Crippen LogP contribution in [-0.4, -0.2) is 43.6 Å². The lowest BCUT2D eigenvalue weighted by Crippen LogP contribution is -2.03. The van der Waals surface area contributed by atoms with Crippen LogP contribution in [0.25, 0.3) is 280 Å². The van der Waals surface area contributed by atoms with Crippen LogP contribution in [0.4, 0.5) is 0 Å². The van der Waals surface area contributed by atoms with E-state index < -0.39 is 0 Å². The molecule has 8 aromatic heterocycles. The van der Waals surface area contributed by atoms with Crippen LogP contribution in [0.2, 0.25) is 0 Å². The van der Waals surface area contributed by atoms with Crippen LogP contribution in [0.1, 0.15) is 0 Å². The van der Waals surface area contributed by atoms with E-state index >= 15 is 0 Å². The number of rotatable bonds is 10. The SMILES string of the molecule is c1ccc(-n2c3ccc(-c4cccc5c4c4cc6ccccc6cc4n5-c4ccc(-c5nc(-c6cccc7ccccc67)nc(-c6cc7ccccc7c7ccccc67)n5)c5c4oc4ccccc45)cc3c3cccc(-c4nc(-c5cccc6c5sc5ccccc56)nc(-c5ccc(-n6c7ccccc7c7cc8ccccc8cc76)c6oc7ccccc7c56)n4)c32)cc1. The molecule has 8 heterocycles. The van der Waals surface area contributed by atoms with Gasteiger partial charge in [-0.15, -0.1) is 11.3 Å². The van der Waals surface area contributed by atoms with Gasteiger partial charge in [0.15, 0.2) is 46.1 Å². The van der Waals surface area contributed by atoms with Crippen molar-refractivity contribution in [3.05, 3.63) is 394 Å². The van der Waals surface area contributed by atoms with E-state index in [1.54, 1.807) is 11.3 Å². The topological polar surface area (TPSA) is 118 Å². The summed E-state index contributed by atoms with van der Waals surface area (Å²) in [7, 11) is 0. The number of para-hydroxylation sites is 5. The fourth-order valence-electron chi connectivity index (χ4n) is 20.8. The zero-order valence-corrected chi connectivity index (χ0v) is 69.1. The van der Waals surface area contributed by atoms with Crippen molar-refractivity contribution in [2.75, 3.05) is 0 Å². The van der Waals surface area contributed by atoms with Crippen molar-refractivity contribution < 1.29 is 8.83 Å². The molecule has 0 amide bonds. The first-order valence-electron chi connectivity index (χ1n) is 43.2. The summed E-state index contributed by atoms with van der Waals surface area (Å²) in [5.41, 5.74) is 19.3. The van der Waals surface area contributed by atoms with Gasteiger partial charge in [0.2, 0.25) is 0 Å². The minimum Gasteiger partial charge on any atom is -0.454 e. The first-order chi connectivity index (χ1) is 63.5. The van der Waals surface area contributed by atoms with E-state index in [1.807, 2.05) is 12.1 Å². The molecule has 28 aromatic rings. The van der Waals surface area contributed by atoms with Crippen molar-refractivity contribution >= 4 is 195 Å². The Morgan fingerprint density at radius 1 is 0.211 bits per heavy atom. The molecule has 0 aliphatic rings. The summed E-state index contributed by atoms with van der Waals surface area (Å²) in [5.74, 6) is 3.30. The molecule has 11 nitrogen and oxygen atoms in total. The maximum absolute atomic E-state index is 7.39.